The van der Waals surface area contributed by atoms with Gasteiger partial charge in [-0.3, -0.25) is 0 Å². The molecule has 1 heterocycles. The van der Waals surface area contributed by atoms with Gasteiger partial charge in [-0.1, -0.05) is 44.2 Å². The summed E-state index contributed by atoms with van der Waals surface area (Å²) in [7, 11) is 1.95. The molecule has 2 unspecified atom stereocenters. The lowest BCUT2D eigenvalue weighted by molar-refractivity contribution is -0.110. The van der Waals surface area contributed by atoms with E-state index >= 15 is 0 Å². The molecule has 0 radical (unpaired) electrons. The molecule has 120 valence electrons. The molecular formula is C19H21NO2S. The number of phenols is 1. The fourth-order valence-electron chi connectivity index (χ4n) is 3.50. The van der Waals surface area contributed by atoms with Crippen LogP contribution in [-0.4, -0.2) is 24.5 Å². The Bertz CT molecular complexity index is 731. The number of carbonyl (C=O) groups excluding carboxylic acids is 1. The Morgan fingerprint density at radius 3 is 2.48 bits per heavy atom. The highest BCUT2D eigenvalue weighted by Crippen LogP contribution is 2.57. The molecule has 1 N–H and O–H groups in total. The van der Waals surface area contributed by atoms with Gasteiger partial charge in [0, 0.05) is 17.5 Å². The number of anilines is 1. The minimum absolute atomic E-state index is 0.159. The van der Waals surface area contributed by atoms with E-state index in [-0.39, 0.29) is 17.7 Å². The van der Waals surface area contributed by atoms with E-state index in [0.717, 1.165) is 22.4 Å². The van der Waals surface area contributed by atoms with Crippen molar-refractivity contribution >= 4 is 23.7 Å². The maximum absolute atomic E-state index is 12.0. The Labute approximate surface area is 141 Å². The number of likely N-dealkylation sites (N-methyl/N-ethyl adjacent to an activating group) is 1. The smallest absolute Gasteiger partial charge is 0.144 e. The van der Waals surface area contributed by atoms with Gasteiger partial charge in [-0.25, -0.2) is 0 Å². The van der Waals surface area contributed by atoms with E-state index in [9.17, 15) is 9.90 Å². The van der Waals surface area contributed by atoms with Gasteiger partial charge in [0.25, 0.3) is 0 Å². The first kappa shape index (κ1) is 15.9. The summed E-state index contributed by atoms with van der Waals surface area (Å²) in [5, 5.41) is 10.5. The van der Waals surface area contributed by atoms with Crippen LogP contribution in [0, 0.1) is 5.92 Å². The van der Waals surface area contributed by atoms with E-state index in [2.05, 4.69) is 19.9 Å². The van der Waals surface area contributed by atoms with Crippen molar-refractivity contribution in [2.75, 3.05) is 11.9 Å². The number of phenolic OH excluding ortho intramolecular Hbond substituents is 1. The van der Waals surface area contributed by atoms with Gasteiger partial charge in [0.1, 0.15) is 18.1 Å². The monoisotopic (exact) mass is 327 g/mol. The van der Waals surface area contributed by atoms with Crippen molar-refractivity contribution in [3.05, 3.63) is 54.1 Å². The average molecular weight is 327 g/mol. The number of hydrogen-bond donors (Lipinski definition) is 1. The van der Waals surface area contributed by atoms with E-state index in [4.69, 9.17) is 0 Å². The largest absolute Gasteiger partial charge is 0.508 e. The molecule has 0 saturated carbocycles. The van der Waals surface area contributed by atoms with E-state index in [0.29, 0.717) is 0 Å². The van der Waals surface area contributed by atoms with Crippen molar-refractivity contribution in [2.24, 2.45) is 5.92 Å². The zero-order chi connectivity index (χ0) is 16.6. The number of benzene rings is 2. The molecule has 2 aromatic carbocycles. The molecule has 1 aliphatic heterocycles. The molecule has 23 heavy (non-hydrogen) atoms. The topological polar surface area (TPSA) is 40.5 Å². The molecule has 3 nitrogen and oxygen atoms in total. The van der Waals surface area contributed by atoms with Crippen LogP contribution in [0.25, 0.3) is 0 Å². The first-order chi connectivity index (χ1) is 11.0. The standard InChI is InChI=1S/C19H21NO2S/c1-13(2)19(14-8-4-6-10-16(14)22)18(12-21)20(3)15-9-5-7-11-17(15)23-19/h4-13,18,22H,1-3H3. The second-order valence-electron chi connectivity index (χ2n) is 6.23. The fourth-order valence-corrected chi connectivity index (χ4v) is 5.18. The Kier molecular flexibility index (Phi) is 4.11. The highest BCUT2D eigenvalue weighted by molar-refractivity contribution is 8.00. The van der Waals surface area contributed by atoms with Gasteiger partial charge in [-0.2, -0.15) is 0 Å². The minimum atomic E-state index is -0.532. The third-order valence-corrected chi connectivity index (χ3v) is 6.53. The van der Waals surface area contributed by atoms with Crippen molar-refractivity contribution in [1.82, 2.24) is 0 Å². The molecule has 0 aliphatic carbocycles. The fraction of sp³-hybridized carbons (Fsp3) is 0.316. The Balaban J connectivity index is 2.28. The number of para-hydroxylation sites is 2. The van der Waals surface area contributed by atoms with E-state index in [1.165, 1.54) is 0 Å². The normalized spacial score (nSPS) is 23.7. The predicted molar refractivity (Wildman–Crippen MR) is 95.2 cm³/mol. The molecule has 0 fully saturated rings. The summed E-state index contributed by atoms with van der Waals surface area (Å²) < 4.78 is -0.532. The van der Waals surface area contributed by atoms with Gasteiger partial charge >= 0.3 is 0 Å². The molecule has 4 heteroatoms. The van der Waals surface area contributed by atoms with E-state index in [1.54, 1.807) is 17.8 Å². The van der Waals surface area contributed by atoms with Gasteiger partial charge in [0.05, 0.1) is 10.4 Å². The zero-order valence-electron chi connectivity index (χ0n) is 13.6. The van der Waals surface area contributed by atoms with Crippen molar-refractivity contribution < 1.29 is 9.90 Å². The molecule has 3 rings (SSSR count). The van der Waals surface area contributed by atoms with Crippen LogP contribution in [0.15, 0.2) is 53.4 Å². The highest BCUT2D eigenvalue weighted by Gasteiger charge is 2.51. The second kappa shape index (κ2) is 5.93. The van der Waals surface area contributed by atoms with Gasteiger partial charge in [-0.05, 0) is 24.1 Å². The molecule has 2 atom stereocenters. The van der Waals surface area contributed by atoms with Crippen molar-refractivity contribution in [1.29, 1.82) is 0 Å². The van der Waals surface area contributed by atoms with Gasteiger partial charge in [0.15, 0.2) is 0 Å². The average Bonchev–Trinajstić information content (AvgIpc) is 2.55. The number of carbonyl (C=O) groups is 1. The summed E-state index contributed by atoms with van der Waals surface area (Å²) in [4.78, 5) is 15.2. The molecule has 0 spiro atoms. The van der Waals surface area contributed by atoms with E-state index in [1.807, 2.05) is 48.3 Å². The third kappa shape index (κ3) is 2.32. The maximum Gasteiger partial charge on any atom is 0.144 e. The Morgan fingerprint density at radius 1 is 1.17 bits per heavy atom. The lowest BCUT2D eigenvalue weighted by Gasteiger charge is -2.50. The zero-order valence-corrected chi connectivity index (χ0v) is 14.4. The minimum Gasteiger partial charge on any atom is -0.508 e. The second-order valence-corrected chi connectivity index (χ2v) is 7.55. The summed E-state index contributed by atoms with van der Waals surface area (Å²) in [6.07, 6.45) is 1.01. The number of nitrogens with zero attached hydrogens (tertiary/aromatic N) is 1. The number of aromatic hydroxyl groups is 1. The van der Waals surface area contributed by atoms with Crippen molar-refractivity contribution in [3.8, 4) is 5.75 Å². The first-order valence-electron chi connectivity index (χ1n) is 7.77. The van der Waals surface area contributed by atoms with Crippen LogP contribution in [0.5, 0.6) is 5.75 Å². The van der Waals surface area contributed by atoms with Crippen LogP contribution in [0.2, 0.25) is 0 Å². The Morgan fingerprint density at radius 2 is 1.83 bits per heavy atom. The molecule has 0 aromatic heterocycles. The molecular weight excluding hydrogens is 306 g/mol. The number of fused-ring (bicyclic) bond motifs is 1. The molecule has 1 aliphatic rings. The van der Waals surface area contributed by atoms with Gasteiger partial charge < -0.3 is 14.8 Å². The SMILES string of the molecule is CC(C)C1(c2ccccc2O)Sc2ccccc2N(C)C1C=O. The van der Waals surface area contributed by atoms with E-state index < -0.39 is 4.75 Å². The summed E-state index contributed by atoms with van der Waals surface area (Å²) in [5.74, 6) is 0.403. The van der Waals surface area contributed by atoms with Crippen molar-refractivity contribution in [2.45, 2.75) is 29.5 Å². The quantitative estimate of drug-likeness (QED) is 0.863. The number of hydrogen-bond acceptors (Lipinski definition) is 4. The van der Waals surface area contributed by atoms with Gasteiger partial charge in [0.2, 0.25) is 0 Å². The highest BCUT2D eigenvalue weighted by atomic mass is 32.2. The summed E-state index contributed by atoms with van der Waals surface area (Å²) in [6, 6.07) is 15.1. The molecule has 0 amide bonds. The third-order valence-electron chi connectivity index (χ3n) is 4.69. The molecule has 0 saturated heterocycles. The predicted octanol–water partition coefficient (Wildman–Crippen LogP) is 4.05. The lowest BCUT2D eigenvalue weighted by Crippen LogP contribution is -2.54. The number of aldehydes is 1. The molecule has 2 aromatic rings. The van der Waals surface area contributed by atoms with Crippen LogP contribution in [0.3, 0.4) is 0 Å². The maximum atomic E-state index is 12.0. The van der Waals surface area contributed by atoms with Crippen molar-refractivity contribution in [3.63, 3.8) is 0 Å². The number of thioether (sulfide) groups is 1. The van der Waals surface area contributed by atoms with Crippen LogP contribution < -0.4 is 4.90 Å². The lowest BCUT2D eigenvalue weighted by atomic mass is 9.80. The summed E-state index contributed by atoms with van der Waals surface area (Å²) in [6.45, 7) is 4.22. The van der Waals surface area contributed by atoms with Crippen LogP contribution in [0.4, 0.5) is 5.69 Å². The molecule has 0 bridgehead atoms. The number of rotatable bonds is 3. The van der Waals surface area contributed by atoms with Crippen LogP contribution in [0.1, 0.15) is 19.4 Å². The summed E-state index contributed by atoms with van der Waals surface area (Å²) in [5.41, 5.74) is 1.87. The Hall–Kier alpha value is -1.94. The summed E-state index contributed by atoms with van der Waals surface area (Å²) >= 11 is 1.68. The van der Waals surface area contributed by atoms with Gasteiger partial charge in [-0.15, -0.1) is 11.8 Å². The van der Waals surface area contributed by atoms with Crippen LogP contribution >= 0.6 is 11.8 Å². The first-order valence-corrected chi connectivity index (χ1v) is 8.58. The van der Waals surface area contributed by atoms with Crippen LogP contribution in [-0.2, 0) is 9.54 Å².